The van der Waals surface area contributed by atoms with Crippen LogP contribution in [0, 0.1) is 0 Å². The number of aromatic nitrogens is 1. The summed E-state index contributed by atoms with van der Waals surface area (Å²) in [7, 11) is 0. The Morgan fingerprint density at radius 2 is 1.58 bits per heavy atom. The Balaban J connectivity index is 2.06. The molecule has 3 rings (SSSR count). The van der Waals surface area contributed by atoms with Crippen LogP contribution >= 0.6 is 0 Å². The largest absolute Gasteiger partial charge is 0.298 e. The number of imide groups is 1. The Hall–Kier alpha value is -2.82. The standard InChI is InChI=1S/C14H8N2O3/c17-8-9-5-6-12(15-7-9)16-13(18)10-3-1-2-4-11(10)14(16)19/h1-8H. The third-order valence-corrected chi connectivity index (χ3v) is 2.93. The maximum absolute atomic E-state index is 12.2. The molecule has 5 nitrogen and oxygen atoms in total. The van der Waals surface area contributed by atoms with Crippen LogP contribution in [0.5, 0.6) is 0 Å². The molecule has 0 radical (unpaired) electrons. The summed E-state index contributed by atoms with van der Waals surface area (Å²) in [4.78, 5) is 39.9. The number of anilines is 1. The third kappa shape index (κ3) is 1.63. The summed E-state index contributed by atoms with van der Waals surface area (Å²) in [5.74, 6) is -0.573. The summed E-state index contributed by atoms with van der Waals surface area (Å²) in [5.41, 5.74) is 1.13. The predicted octanol–water partition coefficient (Wildman–Crippen LogP) is 1.69. The molecule has 0 N–H and O–H groups in total. The van der Waals surface area contributed by atoms with E-state index in [9.17, 15) is 14.4 Å². The summed E-state index contributed by atoms with van der Waals surface area (Å²) in [6.07, 6.45) is 1.98. The molecule has 1 aliphatic heterocycles. The fraction of sp³-hybridized carbons (Fsp3) is 0. The zero-order valence-electron chi connectivity index (χ0n) is 9.74. The van der Waals surface area contributed by atoms with E-state index in [2.05, 4.69) is 4.98 Å². The topological polar surface area (TPSA) is 67.3 Å². The van der Waals surface area contributed by atoms with E-state index < -0.39 is 11.8 Å². The fourth-order valence-electron chi connectivity index (χ4n) is 2.00. The monoisotopic (exact) mass is 252 g/mol. The zero-order chi connectivity index (χ0) is 13.4. The van der Waals surface area contributed by atoms with E-state index in [4.69, 9.17) is 0 Å². The Morgan fingerprint density at radius 3 is 2.05 bits per heavy atom. The van der Waals surface area contributed by atoms with Gasteiger partial charge in [0.2, 0.25) is 0 Å². The molecular formula is C14H8N2O3. The maximum atomic E-state index is 12.2. The van der Waals surface area contributed by atoms with E-state index in [1.54, 1.807) is 24.3 Å². The van der Waals surface area contributed by atoms with Gasteiger partial charge in [-0.2, -0.15) is 0 Å². The Bertz CT molecular complexity index is 657. The number of carbonyl (C=O) groups excluding carboxylic acids is 3. The third-order valence-electron chi connectivity index (χ3n) is 2.93. The van der Waals surface area contributed by atoms with Crippen LogP contribution in [0.15, 0.2) is 42.6 Å². The lowest BCUT2D eigenvalue weighted by Crippen LogP contribution is -2.30. The van der Waals surface area contributed by atoms with Crippen molar-refractivity contribution in [3.8, 4) is 0 Å². The van der Waals surface area contributed by atoms with Crippen molar-refractivity contribution >= 4 is 23.9 Å². The smallest absolute Gasteiger partial charge is 0.267 e. The Labute approximate surface area is 108 Å². The molecule has 0 saturated carbocycles. The number of benzene rings is 1. The number of carbonyl (C=O) groups is 3. The van der Waals surface area contributed by atoms with Crippen molar-refractivity contribution in [3.05, 3.63) is 59.3 Å². The lowest BCUT2D eigenvalue weighted by Gasteiger charge is -2.12. The van der Waals surface area contributed by atoms with Gasteiger partial charge in [0.25, 0.3) is 11.8 Å². The number of nitrogens with zero attached hydrogens (tertiary/aromatic N) is 2. The quantitative estimate of drug-likeness (QED) is 0.602. The van der Waals surface area contributed by atoms with E-state index in [0.29, 0.717) is 23.0 Å². The van der Waals surface area contributed by atoms with Crippen LogP contribution in [-0.2, 0) is 0 Å². The second kappa shape index (κ2) is 4.13. The molecule has 0 spiro atoms. The van der Waals surface area contributed by atoms with E-state index >= 15 is 0 Å². The molecule has 19 heavy (non-hydrogen) atoms. The Morgan fingerprint density at radius 1 is 0.947 bits per heavy atom. The minimum absolute atomic E-state index is 0.219. The van der Waals surface area contributed by atoms with Crippen LogP contribution < -0.4 is 4.90 Å². The predicted molar refractivity (Wildman–Crippen MR) is 67.2 cm³/mol. The van der Waals surface area contributed by atoms with Crippen molar-refractivity contribution in [1.29, 1.82) is 0 Å². The van der Waals surface area contributed by atoms with Gasteiger partial charge >= 0.3 is 0 Å². The molecule has 0 bridgehead atoms. The summed E-state index contributed by atoms with van der Waals surface area (Å²) >= 11 is 0. The number of hydrogen-bond acceptors (Lipinski definition) is 4. The molecule has 2 aromatic rings. The molecule has 1 aliphatic rings. The summed E-state index contributed by atoms with van der Waals surface area (Å²) < 4.78 is 0. The molecule has 92 valence electrons. The van der Waals surface area contributed by atoms with E-state index in [1.165, 1.54) is 18.3 Å². The maximum Gasteiger partial charge on any atom is 0.267 e. The highest BCUT2D eigenvalue weighted by Crippen LogP contribution is 2.26. The van der Waals surface area contributed by atoms with Crippen molar-refractivity contribution in [3.63, 3.8) is 0 Å². The molecule has 2 amide bonds. The van der Waals surface area contributed by atoms with Gasteiger partial charge in [0.1, 0.15) is 5.82 Å². The molecule has 1 aromatic heterocycles. The molecule has 2 heterocycles. The lowest BCUT2D eigenvalue weighted by molar-refractivity contribution is 0.0924. The van der Waals surface area contributed by atoms with Gasteiger partial charge in [-0.25, -0.2) is 9.88 Å². The molecule has 1 aromatic carbocycles. The Kier molecular flexibility index (Phi) is 2.45. The van der Waals surface area contributed by atoms with Crippen molar-refractivity contribution in [2.45, 2.75) is 0 Å². The fourth-order valence-corrected chi connectivity index (χ4v) is 2.00. The second-order valence-corrected chi connectivity index (χ2v) is 4.06. The first-order valence-electron chi connectivity index (χ1n) is 5.61. The van der Waals surface area contributed by atoms with E-state index in [1.807, 2.05) is 0 Å². The van der Waals surface area contributed by atoms with Crippen LogP contribution in [0.25, 0.3) is 0 Å². The summed E-state index contributed by atoms with van der Waals surface area (Å²) in [5, 5.41) is 0. The van der Waals surface area contributed by atoms with Crippen molar-refractivity contribution in [2.24, 2.45) is 0 Å². The average molecular weight is 252 g/mol. The van der Waals surface area contributed by atoms with Crippen LogP contribution in [0.3, 0.4) is 0 Å². The summed E-state index contributed by atoms with van der Waals surface area (Å²) in [6, 6.07) is 9.61. The van der Waals surface area contributed by atoms with Gasteiger partial charge in [-0.05, 0) is 24.3 Å². The van der Waals surface area contributed by atoms with Crippen molar-refractivity contribution < 1.29 is 14.4 Å². The van der Waals surface area contributed by atoms with Crippen LogP contribution in [-0.4, -0.2) is 23.1 Å². The van der Waals surface area contributed by atoms with Gasteiger partial charge in [0.05, 0.1) is 11.1 Å². The number of amides is 2. The first-order chi connectivity index (χ1) is 9.22. The highest BCUT2D eigenvalue weighted by Gasteiger charge is 2.36. The molecular weight excluding hydrogens is 244 g/mol. The molecule has 0 atom stereocenters. The minimum Gasteiger partial charge on any atom is -0.298 e. The zero-order valence-corrected chi connectivity index (χ0v) is 9.74. The molecule has 0 saturated heterocycles. The SMILES string of the molecule is O=Cc1ccc(N2C(=O)c3ccccc3C2=O)nc1. The van der Waals surface area contributed by atoms with Gasteiger partial charge in [-0.3, -0.25) is 14.4 Å². The van der Waals surface area contributed by atoms with Gasteiger partial charge in [0.15, 0.2) is 6.29 Å². The lowest BCUT2D eigenvalue weighted by atomic mass is 10.1. The van der Waals surface area contributed by atoms with Crippen molar-refractivity contribution in [1.82, 2.24) is 4.98 Å². The molecule has 0 aliphatic carbocycles. The molecule has 0 fully saturated rings. The van der Waals surface area contributed by atoms with Gasteiger partial charge in [-0.15, -0.1) is 0 Å². The number of aldehydes is 1. The van der Waals surface area contributed by atoms with Crippen LogP contribution in [0.4, 0.5) is 5.82 Å². The van der Waals surface area contributed by atoms with Gasteiger partial charge < -0.3 is 0 Å². The molecule has 0 unspecified atom stereocenters. The minimum atomic E-state index is -0.396. The second-order valence-electron chi connectivity index (χ2n) is 4.06. The van der Waals surface area contributed by atoms with E-state index in [0.717, 1.165) is 4.90 Å². The van der Waals surface area contributed by atoms with Crippen LogP contribution in [0.2, 0.25) is 0 Å². The summed E-state index contributed by atoms with van der Waals surface area (Å²) in [6.45, 7) is 0. The number of hydrogen-bond donors (Lipinski definition) is 0. The first-order valence-corrected chi connectivity index (χ1v) is 5.61. The number of pyridine rings is 1. The first kappa shape index (κ1) is 11.3. The highest BCUT2D eigenvalue weighted by atomic mass is 16.2. The van der Waals surface area contributed by atoms with E-state index in [-0.39, 0.29) is 5.82 Å². The highest BCUT2D eigenvalue weighted by molar-refractivity contribution is 6.34. The van der Waals surface area contributed by atoms with Crippen LogP contribution in [0.1, 0.15) is 31.1 Å². The molecule has 5 heteroatoms. The average Bonchev–Trinajstić information content (AvgIpc) is 2.72. The van der Waals surface area contributed by atoms with Gasteiger partial charge in [-0.1, -0.05) is 12.1 Å². The van der Waals surface area contributed by atoms with Crippen molar-refractivity contribution in [2.75, 3.05) is 4.90 Å². The van der Waals surface area contributed by atoms with Gasteiger partial charge in [0, 0.05) is 11.8 Å². The number of fused-ring (bicyclic) bond motifs is 1. The number of rotatable bonds is 2. The normalized spacial score (nSPS) is 13.6.